The van der Waals surface area contributed by atoms with Crippen molar-refractivity contribution in [3.05, 3.63) is 102 Å². The Kier molecular flexibility index (Phi) is 3.53. The van der Waals surface area contributed by atoms with Gasteiger partial charge in [0.15, 0.2) is 0 Å². The Bertz CT molecular complexity index is 1960. The van der Waals surface area contributed by atoms with Crippen molar-refractivity contribution in [1.82, 2.24) is 4.98 Å². The number of aromatic nitrogens is 1. The molecule has 0 bridgehead atoms. The summed E-state index contributed by atoms with van der Waals surface area (Å²) in [7, 11) is 0. The Balaban J connectivity index is 1.47. The van der Waals surface area contributed by atoms with Gasteiger partial charge in [-0.2, -0.15) is 0 Å². The molecule has 2 heteroatoms. The monoisotopic (exact) mass is 435 g/mol. The fourth-order valence-electron chi connectivity index (χ4n) is 5.94. The summed E-state index contributed by atoms with van der Waals surface area (Å²) in [4.78, 5) is 3.65. The lowest BCUT2D eigenvalue weighted by Crippen LogP contribution is -1.94. The zero-order valence-corrected chi connectivity index (χ0v) is 18.6. The maximum Gasteiger partial charge on any atom is 0.136 e. The molecule has 0 fully saturated rings. The molecule has 7 aromatic rings. The van der Waals surface area contributed by atoms with E-state index in [0.717, 1.165) is 24.0 Å². The predicted molar refractivity (Wildman–Crippen MR) is 143 cm³/mol. The molecule has 0 saturated carbocycles. The van der Waals surface area contributed by atoms with Gasteiger partial charge in [-0.3, -0.25) is 0 Å². The van der Waals surface area contributed by atoms with Gasteiger partial charge in [0.2, 0.25) is 0 Å². The second-order valence-corrected chi connectivity index (χ2v) is 9.32. The van der Waals surface area contributed by atoms with Crippen LogP contribution in [0.25, 0.3) is 71.7 Å². The summed E-state index contributed by atoms with van der Waals surface area (Å²) in [6.07, 6.45) is 6.74. The fourth-order valence-corrected chi connectivity index (χ4v) is 5.94. The molecule has 2 nitrogen and oxygen atoms in total. The number of hydrogen-bond donors (Lipinski definition) is 1. The number of fused-ring (bicyclic) bond motifs is 10. The molecule has 0 saturated heterocycles. The normalized spacial score (nSPS) is 13.5. The van der Waals surface area contributed by atoms with E-state index in [-0.39, 0.29) is 0 Å². The van der Waals surface area contributed by atoms with Crippen molar-refractivity contribution in [3.63, 3.8) is 0 Å². The van der Waals surface area contributed by atoms with Gasteiger partial charge in [-0.1, -0.05) is 66.7 Å². The molecule has 0 atom stereocenters. The van der Waals surface area contributed by atoms with Crippen molar-refractivity contribution in [2.24, 2.45) is 0 Å². The Labute approximate surface area is 196 Å². The van der Waals surface area contributed by atoms with E-state index in [4.69, 9.17) is 4.42 Å². The third-order valence-corrected chi connectivity index (χ3v) is 7.46. The van der Waals surface area contributed by atoms with E-state index in [1.165, 1.54) is 65.6 Å². The van der Waals surface area contributed by atoms with E-state index < -0.39 is 0 Å². The van der Waals surface area contributed by atoms with Gasteiger partial charge < -0.3 is 9.40 Å². The first-order valence-electron chi connectivity index (χ1n) is 11.9. The third-order valence-electron chi connectivity index (χ3n) is 7.46. The number of furan rings is 1. The van der Waals surface area contributed by atoms with Gasteiger partial charge in [0.25, 0.3) is 0 Å². The van der Waals surface area contributed by atoms with Crippen LogP contribution in [0.2, 0.25) is 0 Å². The first kappa shape index (κ1) is 18.2. The number of aryl methyl sites for hydroxylation is 1. The van der Waals surface area contributed by atoms with Crippen LogP contribution in [-0.4, -0.2) is 4.98 Å². The number of allylic oxidation sites excluding steroid dienone is 1. The largest absolute Gasteiger partial charge is 0.456 e. The highest BCUT2D eigenvalue weighted by Gasteiger charge is 2.17. The minimum absolute atomic E-state index is 0.937. The molecule has 0 spiro atoms. The third kappa shape index (κ3) is 2.40. The molecule has 0 amide bonds. The number of benzene rings is 5. The van der Waals surface area contributed by atoms with E-state index in [2.05, 4.69) is 96.0 Å². The van der Waals surface area contributed by atoms with E-state index in [9.17, 15) is 0 Å². The summed E-state index contributed by atoms with van der Waals surface area (Å²) in [6, 6.07) is 30.6. The minimum Gasteiger partial charge on any atom is -0.456 e. The molecule has 0 radical (unpaired) electrons. The molecule has 1 N–H and O–H groups in total. The van der Waals surface area contributed by atoms with Crippen LogP contribution < -0.4 is 0 Å². The van der Waals surface area contributed by atoms with E-state index in [1.54, 1.807) is 0 Å². The lowest BCUT2D eigenvalue weighted by atomic mass is 9.91. The van der Waals surface area contributed by atoms with Crippen molar-refractivity contribution >= 4 is 60.6 Å². The zero-order chi connectivity index (χ0) is 22.2. The van der Waals surface area contributed by atoms with Crippen LogP contribution in [0.4, 0.5) is 0 Å². The second kappa shape index (κ2) is 6.61. The highest BCUT2D eigenvalue weighted by molar-refractivity contribution is 6.22. The van der Waals surface area contributed by atoms with Gasteiger partial charge in [-0.15, -0.1) is 0 Å². The number of aromatic amines is 1. The van der Waals surface area contributed by atoms with Gasteiger partial charge in [-0.25, -0.2) is 0 Å². The molecular weight excluding hydrogens is 414 g/mol. The average molecular weight is 436 g/mol. The van der Waals surface area contributed by atoms with Crippen molar-refractivity contribution in [3.8, 4) is 11.1 Å². The molecular formula is C32H21NO. The van der Waals surface area contributed by atoms with Crippen LogP contribution >= 0.6 is 0 Å². The topological polar surface area (TPSA) is 28.9 Å². The van der Waals surface area contributed by atoms with Crippen molar-refractivity contribution in [2.45, 2.75) is 12.8 Å². The maximum absolute atomic E-state index is 6.33. The number of H-pyrrole nitrogens is 1. The van der Waals surface area contributed by atoms with Gasteiger partial charge in [0.1, 0.15) is 11.2 Å². The fraction of sp³-hybridized carbons (Fsp3) is 0.0625. The lowest BCUT2D eigenvalue weighted by molar-refractivity contribution is 0.669. The molecule has 0 unspecified atom stereocenters. The molecule has 8 rings (SSSR count). The lowest BCUT2D eigenvalue weighted by Gasteiger charge is -2.12. The first-order chi connectivity index (χ1) is 16.8. The van der Waals surface area contributed by atoms with Crippen LogP contribution in [0.3, 0.4) is 0 Å². The average Bonchev–Trinajstić information content (AvgIpc) is 3.46. The van der Waals surface area contributed by atoms with Crippen LogP contribution in [0.1, 0.15) is 17.5 Å². The Morgan fingerprint density at radius 1 is 0.647 bits per heavy atom. The van der Waals surface area contributed by atoms with Gasteiger partial charge in [-0.05, 0) is 76.2 Å². The summed E-state index contributed by atoms with van der Waals surface area (Å²) < 4.78 is 6.33. The highest BCUT2D eigenvalue weighted by atomic mass is 16.3. The smallest absolute Gasteiger partial charge is 0.136 e. The van der Waals surface area contributed by atoms with Crippen LogP contribution in [-0.2, 0) is 6.42 Å². The zero-order valence-electron chi connectivity index (χ0n) is 18.6. The number of nitrogens with one attached hydrogen (secondary N) is 1. The van der Waals surface area contributed by atoms with Gasteiger partial charge in [0, 0.05) is 32.6 Å². The maximum atomic E-state index is 6.33. The summed E-state index contributed by atoms with van der Waals surface area (Å²) in [5, 5.41) is 7.53. The van der Waals surface area contributed by atoms with E-state index >= 15 is 0 Å². The number of para-hydroxylation sites is 1. The van der Waals surface area contributed by atoms with Gasteiger partial charge in [0.05, 0.1) is 0 Å². The molecule has 34 heavy (non-hydrogen) atoms. The Hall–Kier alpha value is -4.30. The van der Waals surface area contributed by atoms with Crippen LogP contribution in [0.15, 0.2) is 95.4 Å². The molecule has 1 aliphatic carbocycles. The SMILES string of the molecule is C1=Cc2ccc3[nH]c4ccc(-c5cc6oc7ccccc7c6c6ccccc56)cc4c3c2CC1. The Morgan fingerprint density at radius 3 is 2.41 bits per heavy atom. The molecule has 160 valence electrons. The highest BCUT2D eigenvalue weighted by Crippen LogP contribution is 2.41. The molecule has 2 heterocycles. The predicted octanol–water partition coefficient (Wildman–Crippen LogP) is 9.00. The minimum atomic E-state index is 0.937. The van der Waals surface area contributed by atoms with Crippen molar-refractivity contribution in [1.29, 1.82) is 0 Å². The van der Waals surface area contributed by atoms with Crippen LogP contribution in [0, 0.1) is 0 Å². The number of rotatable bonds is 1. The van der Waals surface area contributed by atoms with Gasteiger partial charge >= 0.3 is 0 Å². The first-order valence-corrected chi connectivity index (χ1v) is 11.9. The van der Waals surface area contributed by atoms with E-state index in [1.807, 2.05) is 6.07 Å². The summed E-state index contributed by atoms with van der Waals surface area (Å²) >= 11 is 0. The quantitative estimate of drug-likeness (QED) is 0.274. The van der Waals surface area contributed by atoms with Crippen LogP contribution in [0.5, 0.6) is 0 Å². The summed E-state index contributed by atoms with van der Waals surface area (Å²) in [5.41, 5.74) is 9.52. The number of hydrogen-bond acceptors (Lipinski definition) is 1. The molecule has 2 aromatic heterocycles. The van der Waals surface area contributed by atoms with Crippen molar-refractivity contribution in [2.75, 3.05) is 0 Å². The van der Waals surface area contributed by atoms with E-state index in [0.29, 0.717) is 0 Å². The molecule has 0 aliphatic heterocycles. The molecule has 5 aromatic carbocycles. The summed E-state index contributed by atoms with van der Waals surface area (Å²) in [6.45, 7) is 0. The van der Waals surface area contributed by atoms with Crippen molar-refractivity contribution < 1.29 is 4.42 Å². The standard InChI is InChI=1S/C32H21NO/c1-2-8-21-19(7-1)13-16-28-31(21)26-17-20(14-15-27(26)33-28)25-18-30-32(23-10-4-3-9-22(23)25)24-11-5-6-12-29(24)34-30/h1,3-7,9-18,33H,2,8H2. The Morgan fingerprint density at radius 2 is 1.47 bits per heavy atom. The summed E-state index contributed by atoms with van der Waals surface area (Å²) in [5.74, 6) is 0. The molecule has 1 aliphatic rings. The second-order valence-electron chi connectivity index (χ2n) is 9.32.